The third kappa shape index (κ3) is 5.26. The summed E-state index contributed by atoms with van der Waals surface area (Å²) < 4.78 is 107. The van der Waals surface area contributed by atoms with Gasteiger partial charge in [-0.05, 0) is 46.4 Å². The van der Waals surface area contributed by atoms with Crippen molar-refractivity contribution in [3.05, 3.63) is 182 Å². The van der Waals surface area contributed by atoms with Gasteiger partial charge >= 0.3 is 0 Å². The molecule has 0 fully saturated rings. The second kappa shape index (κ2) is 12.2. The second-order valence-corrected chi connectivity index (χ2v) is 11.2. The fourth-order valence-electron chi connectivity index (χ4n) is 5.94. The first-order chi connectivity index (χ1) is 29.3. The minimum Gasteiger partial charge on any atom is -0.309 e. The van der Waals surface area contributed by atoms with Crippen LogP contribution in [0.5, 0.6) is 0 Å². The summed E-state index contributed by atoms with van der Waals surface area (Å²) in [7, 11) is 0. The molecule has 2 heterocycles. The molecule has 0 unspecified atom stereocenters. The lowest BCUT2D eigenvalue weighted by Crippen LogP contribution is -2.02. The van der Waals surface area contributed by atoms with E-state index in [0.29, 0.717) is 11.1 Å². The van der Waals surface area contributed by atoms with Gasteiger partial charge in [-0.1, -0.05) is 158 Å². The van der Waals surface area contributed by atoms with Crippen molar-refractivity contribution < 1.29 is 16.4 Å². The molecule has 0 aliphatic carbocycles. The molecule has 4 heteroatoms. The maximum Gasteiger partial charge on any atom is 0.166 e. The van der Waals surface area contributed by atoms with E-state index in [1.54, 1.807) is 0 Å². The Labute approximate surface area is 301 Å². The monoisotopic (exact) mass is 638 g/mol. The summed E-state index contributed by atoms with van der Waals surface area (Å²) in [4.78, 5) is 14.6. The van der Waals surface area contributed by atoms with Crippen LogP contribution < -0.4 is 0 Å². The van der Waals surface area contributed by atoms with Gasteiger partial charge in [-0.15, -0.1) is 0 Å². The maximum absolute atomic E-state index is 9.42. The molecule has 0 aliphatic heterocycles. The average Bonchev–Trinajstić information content (AvgIpc) is 3.64. The van der Waals surface area contributed by atoms with Crippen LogP contribution in [0.3, 0.4) is 0 Å². The summed E-state index contributed by atoms with van der Waals surface area (Å²) in [6, 6.07) is 26.6. The molecule has 0 atom stereocenters. The van der Waals surface area contributed by atoms with E-state index in [9.17, 15) is 2.74 Å². The van der Waals surface area contributed by atoms with Crippen molar-refractivity contribution in [3.8, 4) is 62.1 Å². The molecule has 0 bridgehead atoms. The summed E-state index contributed by atoms with van der Waals surface area (Å²) in [5.41, 5.74) is 3.70. The highest BCUT2D eigenvalue weighted by atomic mass is 15.0. The van der Waals surface area contributed by atoms with E-state index in [-0.39, 0.29) is 44.8 Å². The van der Waals surface area contributed by atoms with E-state index in [2.05, 4.69) is 0 Å². The zero-order valence-corrected chi connectivity index (χ0v) is 25.7. The van der Waals surface area contributed by atoms with Gasteiger partial charge in [0.1, 0.15) is 0 Å². The number of fused-ring (bicyclic) bond motifs is 3. The number of nitrogens with zero attached hydrogens (tertiary/aromatic N) is 4. The third-order valence-corrected chi connectivity index (χ3v) is 8.28. The fourth-order valence-corrected chi connectivity index (χ4v) is 5.94. The Balaban J connectivity index is 1.41. The zero-order valence-electron chi connectivity index (χ0n) is 37.7. The Bertz CT molecular complexity index is 3120. The highest BCUT2D eigenvalue weighted by molar-refractivity contribution is 6.13. The number of rotatable bonds is 6. The minimum absolute atomic E-state index is 0.162. The van der Waals surface area contributed by atoms with Crippen molar-refractivity contribution in [2.75, 3.05) is 0 Å². The summed E-state index contributed by atoms with van der Waals surface area (Å²) in [6.07, 6.45) is 0. The molecule has 7 aromatic carbocycles. The van der Waals surface area contributed by atoms with Gasteiger partial charge in [-0.25, -0.2) is 15.0 Å². The number of aromatic nitrogens is 4. The number of hydrogen-bond donors (Lipinski definition) is 0. The van der Waals surface area contributed by atoms with Crippen molar-refractivity contribution in [1.29, 1.82) is 0 Å². The summed E-state index contributed by atoms with van der Waals surface area (Å²) in [5, 5.41) is -0.456. The molecule has 0 aliphatic rings. The third-order valence-electron chi connectivity index (χ3n) is 8.28. The van der Waals surface area contributed by atoms with Crippen molar-refractivity contribution in [2.24, 2.45) is 0 Å². The molecule has 0 radical (unpaired) electrons. The maximum atomic E-state index is 9.42. The highest BCUT2D eigenvalue weighted by Crippen LogP contribution is 2.38. The minimum atomic E-state index is -0.717. The summed E-state index contributed by atoms with van der Waals surface area (Å²) >= 11 is 0. The SMILES string of the molecule is [2H]c1c([2H])c([2H])c(-n2c3c([2H])c([2H])c([2H])c([2H])c3c3c([2H])c([2H])c([2H])c(-c4nc(-c5ccc(-c6ccccc6)cc5)nc(-c5ccc(-c6ccccc6)cc5)n4)c32)c([2H])c1[2H]. The predicted octanol–water partition coefficient (Wildman–Crippen LogP) is 11.3. The quantitative estimate of drug-likeness (QED) is 0.182. The van der Waals surface area contributed by atoms with E-state index >= 15 is 0 Å². The van der Waals surface area contributed by atoms with Gasteiger partial charge in [-0.2, -0.15) is 0 Å². The first-order valence-electron chi connectivity index (χ1n) is 21.5. The number of para-hydroxylation sites is 3. The van der Waals surface area contributed by atoms with Crippen molar-refractivity contribution in [3.63, 3.8) is 0 Å². The molecular formula is C45H30N4. The Hall–Kier alpha value is -6.65. The van der Waals surface area contributed by atoms with Crippen LogP contribution in [0.1, 0.15) is 16.4 Å². The van der Waals surface area contributed by atoms with Crippen molar-refractivity contribution >= 4 is 21.8 Å². The largest absolute Gasteiger partial charge is 0.309 e. The topological polar surface area (TPSA) is 43.6 Å². The van der Waals surface area contributed by atoms with Crippen molar-refractivity contribution in [1.82, 2.24) is 19.5 Å². The van der Waals surface area contributed by atoms with Gasteiger partial charge in [-0.3, -0.25) is 0 Å². The first kappa shape index (κ1) is 18.6. The van der Waals surface area contributed by atoms with E-state index in [1.807, 2.05) is 109 Å². The van der Waals surface area contributed by atoms with Gasteiger partial charge in [0.2, 0.25) is 0 Å². The van der Waals surface area contributed by atoms with Crippen LogP contribution in [0.2, 0.25) is 0 Å². The van der Waals surface area contributed by atoms with E-state index < -0.39 is 78.2 Å². The molecule has 49 heavy (non-hydrogen) atoms. The van der Waals surface area contributed by atoms with E-state index in [1.165, 1.54) is 0 Å². The van der Waals surface area contributed by atoms with Crippen LogP contribution in [-0.4, -0.2) is 19.5 Å². The average molecular weight is 639 g/mol. The van der Waals surface area contributed by atoms with Crippen LogP contribution in [0, 0.1) is 0 Å². The van der Waals surface area contributed by atoms with Gasteiger partial charge in [0.25, 0.3) is 0 Å². The lowest BCUT2D eigenvalue weighted by atomic mass is 10.0. The van der Waals surface area contributed by atoms with Crippen LogP contribution in [0.4, 0.5) is 0 Å². The van der Waals surface area contributed by atoms with Crippen LogP contribution >= 0.6 is 0 Å². The highest BCUT2D eigenvalue weighted by Gasteiger charge is 2.20. The van der Waals surface area contributed by atoms with Crippen LogP contribution in [-0.2, 0) is 0 Å². The second-order valence-electron chi connectivity index (χ2n) is 11.2. The van der Waals surface area contributed by atoms with E-state index in [4.69, 9.17) is 28.7 Å². The summed E-state index contributed by atoms with van der Waals surface area (Å²) in [6.45, 7) is 0. The normalized spacial score (nSPS) is 14.7. The van der Waals surface area contributed by atoms with Crippen LogP contribution in [0.15, 0.2) is 182 Å². The fraction of sp³-hybridized carbons (Fsp3) is 0. The molecular weight excluding hydrogens is 597 g/mol. The lowest BCUT2D eigenvalue weighted by Gasteiger charge is -2.13. The smallest absolute Gasteiger partial charge is 0.166 e. The van der Waals surface area contributed by atoms with Gasteiger partial charge in [0.15, 0.2) is 17.5 Å². The molecule has 4 nitrogen and oxygen atoms in total. The Morgan fingerprint density at radius 3 is 1.45 bits per heavy atom. The van der Waals surface area contributed by atoms with Gasteiger partial charge in [0.05, 0.1) is 27.5 Å². The Morgan fingerprint density at radius 1 is 0.388 bits per heavy atom. The lowest BCUT2D eigenvalue weighted by molar-refractivity contribution is 1.07. The molecule has 2 aromatic heterocycles. The molecule has 0 saturated carbocycles. The molecule has 0 saturated heterocycles. The number of hydrogen-bond acceptors (Lipinski definition) is 3. The van der Waals surface area contributed by atoms with Gasteiger partial charge in [0, 0.05) is 33.2 Å². The molecule has 0 N–H and O–H groups in total. The van der Waals surface area contributed by atoms with Gasteiger partial charge < -0.3 is 4.57 Å². The van der Waals surface area contributed by atoms with Crippen LogP contribution in [0.25, 0.3) is 83.9 Å². The predicted molar refractivity (Wildman–Crippen MR) is 201 cm³/mol. The Morgan fingerprint density at radius 2 is 0.857 bits per heavy atom. The zero-order chi connectivity index (χ0) is 43.0. The number of benzene rings is 7. The molecule has 9 rings (SSSR count). The Kier molecular flexibility index (Phi) is 4.63. The summed E-state index contributed by atoms with van der Waals surface area (Å²) in [5.74, 6) is 0.139. The van der Waals surface area contributed by atoms with Crippen molar-refractivity contribution in [2.45, 2.75) is 0 Å². The molecule has 230 valence electrons. The standard InChI is InChI=1S/C45H30N4/c1-4-13-31(14-5-1)33-23-27-35(28-24-33)43-46-44(36-29-25-34(26-30-36)32-15-6-2-7-16-32)48-45(47-43)40-21-12-20-39-38-19-10-11-22-41(38)49(42(39)40)37-17-8-3-9-18-37/h1-30H/i3D,8D,9D,10D,11D,12D,17D,18D,19D,20D,21D,22D. The first-order valence-corrected chi connectivity index (χ1v) is 15.5. The molecule has 0 spiro atoms. The molecule has 0 amide bonds. The molecule has 9 aromatic rings. The van der Waals surface area contributed by atoms with E-state index in [0.717, 1.165) is 26.8 Å².